The van der Waals surface area contributed by atoms with E-state index in [0.717, 1.165) is 32.2 Å². The van der Waals surface area contributed by atoms with Crippen LogP contribution < -0.4 is 5.32 Å². The van der Waals surface area contributed by atoms with Gasteiger partial charge in [-0.05, 0) is 45.6 Å². The number of sulfone groups is 1. The van der Waals surface area contributed by atoms with Crippen molar-refractivity contribution in [2.45, 2.75) is 71.1 Å². The van der Waals surface area contributed by atoms with Crippen molar-refractivity contribution in [1.82, 2.24) is 5.32 Å². The maximum Gasteiger partial charge on any atom is 0.152 e. The van der Waals surface area contributed by atoms with Crippen molar-refractivity contribution < 1.29 is 8.42 Å². The molecule has 0 rings (SSSR count). The lowest BCUT2D eigenvalue weighted by molar-refractivity contribution is 0.462. The Bertz CT molecular complexity index is 275. The highest BCUT2D eigenvalue weighted by Crippen LogP contribution is 2.10. The van der Waals surface area contributed by atoms with E-state index in [2.05, 4.69) is 19.2 Å². The van der Waals surface area contributed by atoms with Crippen molar-refractivity contribution >= 4 is 9.84 Å². The summed E-state index contributed by atoms with van der Waals surface area (Å²) < 4.78 is 23.7. The fourth-order valence-corrected chi connectivity index (χ4v) is 3.26. The van der Waals surface area contributed by atoms with Gasteiger partial charge in [-0.25, -0.2) is 8.42 Å². The van der Waals surface area contributed by atoms with Crippen molar-refractivity contribution in [3.05, 3.63) is 0 Å². The molecule has 2 atom stereocenters. The van der Waals surface area contributed by atoms with E-state index in [0.29, 0.717) is 18.2 Å². The van der Waals surface area contributed by atoms with Gasteiger partial charge in [0.15, 0.2) is 9.84 Å². The summed E-state index contributed by atoms with van der Waals surface area (Å²) in [6.45, 7) is 9.06. The van der Waals surface area contributed by atoms with E-state index in [1.165, 1.54) is 0 Å². The fraction of sp³-hybridized carbons (Fsp3) is 1.00. The number of hydrogen-bond acceptors (Lipinski definition) is 3. The van der Waals surface area contributed by atoms with Gasteiger partial charge in [-0.2, -0.15) is 0 Å². The molecule has 0 spiro atoms. The summed E-state index contributed by atoms with van der Waals surface area (Å²) in [5, 5.41) is 3.27. The van der Waals surface area contributed by atoms with Gasteiger partial charge in [0.1, 0.15) is 0 Å². The van der Waals surface area contributed by atoms with E-state index < -0.39 is 9.84 Å². The van der Waals surface area contributed by atoms with Gasteiger partial charge >= 0.3 is 0 Å². The van der Waals surface area contributed by atoms with Crippen LogP contribution in [0, 0.1) is 0 Å². The zero-order valence-electron chi connectivity index (χ0n) is 11.8. The molecule has 0 aliphatic heterocycles. The first-order valence-electron chi connectivity index (χ1n) is 6.92. The summed E-state index contributed by atoms with van der Waals surface area (Å²) in [6.07, 6.45) is 4.66. The van der Waals surface area contributed by atoms with E-state index >= 15 is 0 Å². The standard InChI is InChI=1S/C13H29NO2S/c1-5-10-14-13(7-3)9-8-11-17(15,16)12(4)6-2/h12-14H,5-11H2,1-4H3. The molecule has 1 N–H and O–H groups in total. The Balaban J connectivity index is 3.95. The average molecular weight is 263 g/mol. The molecule has 0 radical (unpaired) electrons. The Morgan fingerprint density at radius 3 is 2.24 bits per heavy atom. The topological polar surface area (TPSA) is 46.2 Å². The summed E-state index contributed by atoms with van der Waals surface area (Å²) in [4.78, 5) is 0. The molecule has 2 unspecified atom stereocenters. The molecule has 0 amide bonds. The van der Waals surface area contributed by atoms with Gasteiger partial charge in [-0.3, -0.25) is 0 Å². The number of nitrogens with one attached hydrogen (secondary N) is 1. The zero-order valence-corrected chi connectivity index (χ0v) is 12.6. The number of hydrogen-bond donors (Lipinski definition) is 1. The molecular formula is C13H29NO2S. The molecule has 0 aliphatic rings. The van der Waals surface area contributed by atoms with E-state index in [1.54, 1.807) is 0 Å². The Morgan fingerprint density at radius 1 is 1.12 bits per heavy atom. The smallest absolute Gasteiger partial charge is 0.152 e. The predicted molar refractivity (Wildman–Crippen MR) is 75.1 cm³/mol. The summed E-state index contributed by atoms with van der Waals surface area (Å²) >= 11 is 0. The molecule has 3 nitrogen and oxygen atoms in total. The minimum atomic E-state index is -2.86. The lowest BCUT2D eigenvalue weighted by Crippen LogP contribution is -2.30. The van der Waals surface area contributed by atoms with Crippen LogP contribution in [0.3, 0.4) is 0 Å². The third kappa shape index (κ3) is 7.04. The zero-order chi connectivity index (χ0) is 13.3. The van der Waals surface area contributed by atoms with Crippen LogP contribution in [0.4, 0.5) is 0 Å². The van der Waals surface area contributed by atoms with Crippen LogP contribution in [0.5, 0.6) is 0 Å². The molecule has 0 bridgehead atoms. The van der Waals surface area contributed by atoms with Gasteiger partial charge in [0.2, 0.25) is 0 Å². The van der Waals surface area contributed by atoms with Crippen LogP contribution in [-0.2, 0) is 9.84 Å². The van der Waals surface area contributed by atoms with Crippen LogP contribution in [-0.4, -0.2) is 32.0 Å². The van der Waals surface area contributed by atoms with Crippen molar-refractivity contribution in [3.63, 3.8) is 0 Å². The van der Waals surface area contributed by atoms with Gasteiger partial charge < -0.3 is 5.32 Å². The van der Waals surface area contributed by atoms with Crippen molar-refractivity contribution in [2.24, 2.45) is 0 Å². The first-order valence-corrected chi connectivity index (χ1v) is 8.64. The minimum Gasteiger partial charge on any atom is -0.314 e. The molecule has 104 valence electrons. The van der Waals surface area contributed by atoms with Crippen LogP contribution in [0.15, 0.2) is 0 Å². The Hall–Kier alpha value is -0.0900. The molecule has 0 heterocycles. The Kier molecular flexibility index (Phi) is 8.88. The van der Waals surface area contributed by atoms with Crippen molar-refractivity contribution in [3.8, 4) is 0 Å². The normalized spacial score (nSPS) is 15.8. The van der Waals surface area contributed by atoms with E-state index in [-0.39, 0.29) is 5.25 Å². The second-order valence-electron chi connectivity index (χ2n) is 4.79. The van der Waals surface area contributed by atoms with Crippen molar-refractivity contribution in [1.29, 1.82) is 0 Å². The highest BCUT2D eigenvalue weighted by atomic mass is 32.2. The molecule has 0 aliphatic carbocycles. The summed E-state index contributed by atoms with van der Waals surface area (Å²) in [5.74, 6) is 0.340. The first kappa shape index (κ1) is 16.9. The highest BCUT2D eigenvalue weighted by molar-refractivity contribution is 7.91. The van der Waals surface area contributed by atoms with Gasteiger partial charge in [0, 0.05) is 6.04 Å². The second kappa shape index (κ2) is 8.92. The molecule has 0 saturated heterocycles. The summed E-state index contributed by atoms with van der Waals surface area (Å²) in [5.41, 5.74) is 0. The molecule has 0 aromatic carbocycles. The molecule has 0 fully saturated rings. The van der Waals surface area contributed by atoms with Gasteiger partial charge in [0.05, 0.1) is 11.0 Å². The van der Waals surface area contributed by atoms with Crippen LogP contribution in [0.2, 0.25) is 0 Å². The average Bonchev–Trinajstić information content (AvgIpc) is 2.32. The minimum absolute atomic E-state index is 0.189. The van der Waals surface area contributed by atoms with Crippen LogP contribution >= 0.6 is 0 Å². The van der Waals surface area contributed by atoms with Gasteiger partial charge in [0.25, 0.3) is 0 Å². The summed E-state index contributed by atoms with van der Waals surface area (Å²) in [7, 11) is -2.86. The lowest BCUT2D eigenvalue weighted by atomic mass is 10.1. The molecule has 0 saturated carbocycles. The van der Waals surface area contributed by atoms with Gasteiger partial charge in [-0.1, -0.05) is 20.8 Å². The Morgan fingerprint density at radius 2 is 1.76 bits per heavy atom. The molecular weight excluding hydrogens is 234 g/mol. The van der Waals surface area contributed by atoms with E-state index in [4.69, 9.17) is 0 Å². The summed E-state index contributed by atoms with van der Waals surface area (Å²) in [6, 6.07) is 0.474. The third-order valence-electron chi connectivity index (χ3n) is 3.35. The molecule has 0 aromatic rings. The first-order chi connectivity index (χ1) is 7.97. The monoisotopic (exact) mass is 263 g/mol. The predicted octanol–water partition coefficient (Wildman–Crippen LogP) is 2.76. The van der Waals surface area contributed by atoms with E-state index in [9.17, 15) is 8.42 Å². The lowest BCUT2D eigenvalue weighted by Gasteiger charge is -2.17. The SMILES string of the molecule is CCCNC(CC)CCCS(=O)(=O)C(C)CC. The maximum atomic E-state index is 11.8. The van der Waals surface area contributed by atoms with Crippen molar-refractivity contribution in [2.75, 3.05) is 12.3 Å². The second-order valence-corrected chi connectivity index (χ2v) is 7.33. The Labute approximate surface area is 107 Å². The maximum absolute atomic E-state index is 11.8. The quantitative estimate of drug-likeness (QED) is 0.659. The van der Waals surface area contributed by atoms with Crippen LogP contribution in [0.1, 0.15) is 59.8 Å². The van der Waals surface area contributed by atoms with Crippen LogP contribution in [0.25, 0.3) is 0 Å². The highest BCUT2D eigenvalue weighted by Gasteiger charge is 2.18. The molecule has 4 heteroatoms. The molecule has 17 heavy (non-hydrogen) atoms. The number of rotatable bonds is 10. The third-order valence-corrected chi connectivity index (χ3v) is 5.76. The fourth-order valence-electron chi connectivity index (χ4n) is 1.79. The largest absolute Gasteiger partial charge is 0.314 e. The molecule has 0 aromatic heterocycles. The van der Waals surface area contributed by atoms with Gasteiger partial charge in [-0.15, -0.1) is 0 Å². The van der Waals surface area contributed by atoms with E-state index in [1.807, 2.05) is 13.8 Å².